The second kappa shape index (κ2) is 8.12. The number of benzene rings is 1. The maximum Gasteiger partial charge on any atom is 0.241 e. The summed E-state index contributed by atoms with van der Waals surface area (Å²) in [5.74, 6) is 0.0211. The molecule has 0 aliphatic rings. The number of thiazole rings is 1. The van der Waals surface area contributed by atoms with Crippen molar-refractivity contribution in [3.8, 4) is 10.6 Å². The van der Waals surface area contributed by atoms with Crippen LogP contribution < -0.4 is 11.1 Å². The van der Waals surface area contributed by atoms with Crippen molar-refractivity contribution in [2.24, 2.45) is 11.7 Å². The number of amides is 1. The molecule has 0 aliphatic carbocycles. The Morgan fingerprint density at radius 1 is 1.48 bits per heavy atom. The zero-order valence-electron chi connectivity index (χ0n) is 12.1. The smallest absolute Gasteiger partial charge is 0.241 e. The van der Waals surface area contributed by atoms with E-state index in [0.717, 1.165) is 22.7 Å². The van der Waals surface area contributed by atoms with Crippen LogP contribution in [0.15, 0.2) is 35.8 Å². The SMILES string of the molecule is CCC(C)C(N)C(=O)Nc1cccc(-c2nccs2)c1.Cl. The highest BCUT2D eigenvalue weighted by Gasteiger charge is 2.19. The Morgan fingerprint density at radius 2 is 2.24 bits per heavy atom. The molecule has 2 aromatic rings. The number of hydrogen-bond donors (Lipinski definition) is 2. The van der Waals surface area contributed by atoms with E-state index in [0.29, 0.717) is 0 Å². The first-order valence-corrected chi connectivity index (χ1v) is 7.56. The third-order valence-electron chi connectivity index (χ3n) is 3.37. The lowest BCUT2D eigenvalue weighted by molar-refractivity contribution is -0.118. The number of carbonyl (C=O) groups is 1. The van der Waals surface area contributed by atoms with E-state index in [-0.39, 0.29) is 24.2 Å². The first-order chi connectivity index (χ1) is 9.61. The summed E-state index contributed by atoms with van der Waals surface area (Å²) in [6.07, 6.45) is 2.65. The molecule has 21 heavy (non-hydrogen) atoms. The van der Waals surface area contributed by atoms with Crippen molar-refractivity contribution in [3.63, 3.8) is 0 Å². The summed E-state index contributed by atoms with van der Waals surface area (Å²) in [5.41, 5.74) is 7.68. The summed E-state index contributed by atoms with van der Waals surface area (Å²) in [7, 11) is 0. The van der Waals surface area contributed by atoms with Crippen molar-refractivity contribution in [2.45, 2.75) is 26.3 Å². The quantitative estimate of drug-likeness (QED) is 0.883. The first kappa shape index (κ1) is 17.6. The number of nitrogens with two attached hydrogens (primary N) is 1. The van der Waals surface area contributed by atoms with Gasteiger partial charge in [0.25, 0.3) is 0 Å². The Hall–Kier alpha value is -1.43. The maximum absolute atomic E-state index is 12.1. The third kappa shape index (κ3) is 4.52. The molecule has 0 radical (unpaired) electrons. The van der Waals surface area contributed by atoms with Crippen LogP contribution in [-0.2, 0) is 4.79 Å². The van der Waals surface area contributed by atoms with E-state index in [1.165, 1.54) is 0 Å². The molecule has 4 nitrogen and oxygen atoms in total. The predicted molar refractivity (Wildman–Crippen MR) is 90.9 cm³/mol. The monoisotopic (exact) mass is 325 g/mol. The molecule has 0 bridgehead atoms. The lowest BCUT2D eigenvalue weighted by Gasteiger charge is -2.17. The number of rotatable bonds is 5. The highest BCUT2D eigenvalue weighted by molar-refractivity contribution is 7.13. The molecule has 6 heteroatoms. The Kier molecular flexibility index (Phi) is 6.81. The summed E-state index contributed by atoms with van der Waals surface area (Å²) in [6, 6.07) is 7.17. The van der Waals surface area contributed by atoms with Gasteiger partial charge < -0.3 is 11.1 Å². The molecule has 2 unspecified atom stereocenters. The second-order valence-electron chi connectivity index (χ2n) is 4.82. The number of nitrogens with one attached hydrogen (secondary N) is 1. The van der Waals surface area contributed by atoms with E-state index < -0.39 is 6.04 Å². The fourth-order valence-electron chi connectivity index (χ4n) is 1.83. The van der Waals surface area contributed by atoms with Gasteiger partial charge in [0.1, 0.15) is 5.01 Å². The first-order valence-electron chi connectivity index (χ1n) is 6.68. The topological polar surface area (TPSA) is 68.0 Å². The van der Waals surface area contributed by atoms with Crippen LogP contribution in [0.1, 0.15) is 20.3 Å². The van der Waals surface area contributed by atoms with E-state index >= 15 is 0 Å². The van der Waals surface area contributed by atoms with Crippen molar-refractivity contribution >= 4 is 35.3 Å². The van der Waals surface area contributed by atoms with Crippen LogP contribution in [0.3, 0.4) is 0 Å². The van der Waals surface area contributed by atoms with Crippen LogP contribution in [-0.4, -0.2) is 16.9 Å². The number of anilines is 1. The van der Waals surface area contributed by atoms with Crippen LogP contribution in [0.25, 0.3) is 10.6 Å². The average molecular weight is 326 g/mol. The molecule has 0 fully saturated rings. The van der Waals surface area contributed by atoms with Crippen LogP contribution in [0, 0.1) is 5.92 Å². The Labute approximate surface area is 135 Å². The maximum atomic E-state index is 12.1. The minimum atomic E-state index is -0.483. The van der Waals surface area contributed by atoms with Gasteiger partial charge >= 0.3 is 0 Å². The normalized spacial score (nSPS) is 13.1. The van der Waals surface area contributed by atoms with E-state index in [1.54, 1.807) is 17.5 Å². The van der Waals surface area contributed by atoms with Crippen molar-refractivity contribution in [1.82, 2.24) is 4.98 Å². The average Bonchev–Trinajstić information content (AvgIpc) is 3.00. The molecule has 0 saturated heterocycles. The van der Waals surface area contributed by atoms with Gasteiger partial charge in [-0.25, -0.2) is 4.98 Å². The number of carbonyl (C=O) groups excluding carboxylic acids is 1. The molecule has 1 amide bonds. The van der Waals surface area contributed by atoms with Crippen LogP contribution in [0.4, 0.5) is 5.69 Å². The Balaban J connectivity index is 0.00000220. The summed E-state index contributed by atoms with van der Waals surface area (Å²) in [6.45, 7) is 4.01. The van der Waals surface area contributed by atoms with Gasteiger partial charge in [-0.1, -0.05) is 32.4 Å². The van der Waals surface area contributed by atoms with Gasteiger partial charge in [0.05, 0.1) is 6.04 Å². The van der Waals surface area contributed by atoms with Gasteiger partial charge in [0.15, 0.2) is 0 Å². The van der Waals surface area contributed by atoms with E-state index in [4.69, 9.17) is 5.73 Å². The highest BCUT2D eigenvalue weighted by atomic mass is 35.5. The van der Waals surface area contributed by atoms with Gasteiger partial charge in [0.2, 0.25) is 5.91 Å². The molecule has 2 atom stereocenters. The lowest BCUT2D eigenvalue weighted by Crippen LogP contribution is -2.40. The Morgan fingerprint density at radius 3 is 2.86 bits per heavy atom. The molecular weight excluding hydrogens is 306 g/mol. The largest absolute Gasteiger partial charge is 0.325 e. The standard InChI is InChI=1S/C15H19N3OS.ClH/c1-3-10(2)13(16)14(19)18-12-6-4-5-11(9-12)15-17-7-8-20-15;/h4-10,13H,3,16H2,1-2H3,(H,18,19);1H. The van der Waals surface area contributed by atoms with Gasteiger partial charge in [-0.05, 0) is 18.1 Å². The lowest BCUT2D eigenvalue weighted by atomic mass is 9.99. The van der Waals surface area contributed by atoms with Gasteiger partial charge in [-0.2, -0.15) is 0 Å². The zero-order valence-corrected chi connectivity index (χ0v) is 13.7. The van der Waals surface area contributed by atoms with E-state index in [9.17, 15) is 4.79 Å². The molecule has 1 aromatic carbocycles. The number of halogens is 1. The molecule has 114 valence electrons. The third-order valence-corrected chi connectivity index (χ3v) is 4.19. The molecule has 0 spiro atoms. The number of nitrogens with zero attached hydrogens (tertiary/aromatic N) is 1. The minimum absolute atomic E-state index is 0. The number of hydrogen-bond acceptors (Lipinski definition) is 4. The van der Waals surface area contributed by atoms with Crippen molar-refractivity contribution in [1.29, 1.82) is 0 Å². The van der Waals surface area contributed by atoms with E-state index in [2.05, 4.69) is 10.3 Å². The van der Waals surface area contributed by atoms with Crippen LogP contribution in [0.2, 0.25) is 0 Å². The zero-order chi connectivity index (χ0) is 14.5. The predicted octanol–water partition coefficient (Wildman–Crippen LogP) is 3.54. The van der Waals surface area contributed by atoms with Crippen molar-refractivity contribution in [3.05, 3.63) is 35.8 Å². The van der Waals surface area contributed by atoms with E-state index in [1.807, 2.05) is 43.5 Å². The molecule has 0 aliphatic heterocycles. The molecule has 2 rings (SSSR count). The van der Waals surface area contributed by atoms with Crippen LogP contribution >= 0.6 is 23.7 Å². The molecular formula is C15H20ClN3OS. The fourth-order valence-corrected chi connectivity index (χ4v) is 2.47. The van der Waals surface area contributed by atoms with Crippen molar-refractivity contribution in [2.75, 3.05) is 5.32 Å². The molecule has 3 N–H and O–H groups in total. The minimum Gasteiger partial charge on any atom is -0.325 e. The fraction of sp³-hybridized carbons (Fsp3) is 0.333. The summed E-state index contributed by atoms with van der Waals surface area (Å²) in [5, 5.41) is 5.74. The summed E-state index contributed by atoms with van der Waals surface area (Å²) >= 11 is 1.57. The second-order valence-corrected chi connectivity index (χ2v) is 5.71. The molecule has 1 aromatic heterocycles. The van der Waals surface area contributed by atoms with Gasteiger partial charge in [-0.15, -0.1) is 23.7 Å². The van der Waals surface area contributed by atoms with Crippen molar-refractivity contribution < 1.29 is 4.79 Å². The van der Waals surface area contributed by atoms with Crippen LogP contribution in [0.5, 0.6) is 0 Å². The van der Waals surface area contributed by atoms with Gasteiger partial charge in [0, 0.05) is 22.8 Å². The number of aromatic nitrogens is 1. The summed E-state index contributed by atoms with van der Waals surface area (Å²) < 4.78 is 0. The van der Waals surface area contributed by atoms with Gasteiger partial charge in [-0.3, -0.25) is 4.79 Å². The molecule has 1 heterocycles. The summed E-state index contributed by atoms with van der Waals surface area (Å²) in [4.78, 5) is 16.3. The molecule has 0 saturated carbocycles. The Bertz CT molecular complexity index is 574. The highest BCUT2D eigenvalue weighted by Crippen LogP contribution is 2.24.